The van der Waals surface area contributed by atoms with Crippen molar-refractivity contribution in [3.05, 3.63) is 23.3 Å². The summed E-state index contributed by atoms with van der Waals surface area (Å²) in [6.07, 6.45) is 12.3. The van der Waals surface area contributed by atoms with Gasteiger partial charge in [0.05, 0.1) is 5.60 Å². The van der Waals surface area contributed by atoms with Crippen molar-refractivity contribution in [2.75, 3.05) is 0 Å². The Bertz CT molecular complexity index is 384. The van der Waals surface area contributed by atoms with Crippen molar-refractivity contribution in [3.8, 4) is 0 Å². The SMILES string of the molecule is CC[Si](CC)(CC)OC12CCC=CC1=C(C)CCCC2. The van der Waals surface area contributed by atoms with E-state index in [0.717, 1.165) is 0 Å². The molecule has 0 saturated heterocycles. The summed E-state index contributed by atoms with van der Waals surface area (Å²) < 4.78 is 7.10. The molecule has 1 unspecified atom stereocenters. The molecule has 0 bridgehead atoms. The molecule has 0 spiro atoms. The molecule has 2 rings (SSSR count). The molecule has 0 aromatic rings. The molecule has 20 heavy (non-hydrogen) atoms. The monoisotopic (exact) mass is 292 g/mol. The van der Waals surface area contributed by atoms with Gasteiger partial charge in [0.15, 0.2) is 8.32 Å². The summed E-state index contributed by atoms with van der Waals surface area (Å²) in [4.78, 5) is 0. The Kier molecular flexibility index (Phi) is 5.30. The van der Waals surface area contributed by atoms with Crippen LogP contribution in [0.15, 0.2) is 23.3 Å². The maximum Gasteiger partial charge on any atom is 0.193 e. The summed E-state index contributed by atoms with van der Waals surface area (Å²) in [7, 11) is -1.54. The zero-order valence-electron chi connectivity index (χ0n) is 13.9. The Morgan fingerprint density at radius 2 is 1.80 bits per heavy atom. The molecule has 1 atom stereocenters. The molecule has 0 aromatic carbocycles. The summed E-state index contributed by atoms with van der Waals surface area (Å²) in [5, 5.41) is 0. The van der Waals surface area contributed by atoms with Gasteiger partial charge in [0.25, 0.3) is 0 Å². The van der Waals surface area contributed by atoms with Crippen LogP contribution in [0.25, 0.3) is 0 Å². The molecule has 0 N–H and O–H groups in total. The van der Waals surface area contributed by atoms with Crippen molar-refractivity contribution < 1.29 is 4.43 Å². The van der Waals surface area contributed by atoms with E-state index in [1.807, 2.05) is 0 Å². The van der Waals surface area contributed by atoms with Gasteiger partial charge in [-0.2, -0.15) is 0 Å². The average molecular weight is 293 g/mol. The molecule has 1 nitrogen and oxygen atoms in total. The van der Waals surface area contributed by atoms with Crippen LogP contribution in [0.1, 0.15) is 66.2 Å². The highest BCUT2D eigenvalue weighted by Crippen LogP contribution is 2.45. The van der Waals surface area contributed by atoms with Gasteiger partial charge in [0.2, 0.25) is 0 Å². The first-order valence-corrected chi connectivity index (χ1v) is 11.2. The molecule has 0 amide bonds. The zero-order chi connectivity index (χ0) is 14.6. The molecule has 0 aliphatic heterocycles. The third-order valence-electron chi connectivity index (χ3n) is 5.68. The van der Waals surface area contributed by atoms with E-state index in [1.165, 1.54) is 56.7 Å². The minimum absolute atomic E-state index is 0.0730. The number of allylic oxidation sites excluding steroid dienone is 2. The Morgan fingerprint density at radius 1 is 1.10 bits per heavy atom. The Balaban J connectivity index is 2.38. The molecular weight excluding hydrogens is 260 g/mol. The lowest BCUT2D eigenvalue weighted by atomic mass is 9.80. The lowest BCUT2D eigenvalue weighted by Gasteiger charge is -2.45. The molecule has 0 heterocycles. The molecule has 0 fully saturated rings. The van der Waals surface area contributed by atoms with E-state index in [2.05, 4.69) is 39.8 Å². The zero-order valence-corrected chi connectivity index (χ0v) is 14.9. The number of fused-ring (bicyclic) bond motifs is 1. The van der Waals surface area contributed by atoms with E-state index in [9.17, 15) is 0 Å². The van der Waals surface area contributed by atoms with Gasteiger partial charge in [-0.1, -0.05) is 38.5 Å². The summed E-state index contributed by atoms with van der Waals surface area (Å²) in [6, 6.07) is 3.79. The van der Waals surface area contributed by atoms with Gasteiger partial charge in [-0.15, -0.1) is 0 Å². The van der Waals surface area contributed by atoms with Crippen LogP contribution >= 0.6 is 0 Å². The minimum Gasteiger partial charge on any atom is -0.407 e. The highest BCUT2D eigenvalue weighted by Gasteiger charge is 2.44. The maximum absolute atomic E-state index is 7.10. The highest BCUT2D eigenvalue weighted by molar-refractivity contribution is 6.73. The van der Waals surface area contributed by atoms with Crippen LogP contribution in [0.2, 0.25) is 18.1 Å². The van der Waals surface area contributed by atoms with Crippen LogP contribution in [-0.4, -0.2) is 13.9 Å². The van der Waals surface area contributed by atoms with Crippen LogP contribution in [0.3, 0.4) is 0 Å². The first kappa shape index (κ1) is 16.0. The van der Waals surface area contributed by atoms with Crippen LogP contribution < -0.4 is 0 Å². The van der Waals surface area contributed by atoms with E-state index in [-0.39, 0.29) is 5.60 Å². The second-order valence-electron chi connectivity index (χ2n) is 6.68. The third kappa shape index (κ3) is 2.96. The number of rotatable bonds is 5. The van der Waals surface area contributed by atoms with Gasteiger partial charge in [0, 0.05) is 0 Å². The summed E-state index contributed by atoms with van der Waals surface area (Å²) in [5.74, 6) is 0. The van der Waals surface area contributed by atoms with Crippen molar-refractivity contribution >= 4 is 8.32 Å². The van der Waals surface area contributed by atoms with E-state index < -0.39 is 8.32 Å². The molecule has 0 radical (unpaired) electrons. The predicted molar refractivity (Wildman–Crippen MR) is 90.6 cm³/mol. The summed E-state index contributed by atoms with van der Waals surface area (Å²) in [6.45, 7) is 9.38. The van der Waals surface area contributed by atoms with Crippen molar-refractivity contribution in [3.63, 3.8) is 0 Å². The topological polar surface area (TPSA) is 9.23 Å². The molecule has 114 valence electrons. The third-order valence-corrected chi connectivity index (χ3v) is 10.4. The van der Waals surface area contributed by atoms with Gasteiger partial charge in [-0.25, -0.2) is 0 Å². The van der Waals surface area contributed by atoms with E-state index >= 15 is 0 Å². The lowest BCUT2D eigenvalue weighted by molar-refractivity contribution is 0.0750. The normalized spacial score (nSPS) is 27.4. The smallest absolute Gasteiger partial charge is 0.193 e. The van der Waals surface area contributed by atoms with Gasteiger partial charge in [-0.3, -0.25) is 0 Å². The molecule has 2 aliphatic carbocycles. The van der Waals surface area contributed by atoms with Crippen molar-refractivity contribution in [2.24, 2.45) is 0 Å². The van der Waals surface area contributed by atoms with Crippen molar-refractivity contribution in [2.45, 2.75) is 90.0 Å². The van der Waals surface area contributed by atoms with Gasteiger partial charge >= 0.3 is 0 Å². The van der Waals surface area contributed by atoms with Crippen LogP contribution in [0, 0.1) is 0 Å². The predicted octanol–water partition coefficient (Wildman–Crippen LogP) is 5.99. The fourth-order valence-corrected chi connectivity index (χ4v) is 7.14. The van der Waals surface area contributed by atoms with Crippen LogP contribution in [-0.2, 0) is 4.43 Å². The standard InChI is InChI=1S/C18H32OSi/c1-5-20(6-2,7-3)19-18-14-10-8-12-16(4)17(18)13-9-11-15-18/h9,13H,5-8,10-12,14-15H2,1-4H3. The fourth-order valence-electron chi connectivity index (χ4n) is 4.07. The highest BCUT2D eigenvalue weighted by atomic mass is 28.4. The van der Waals surface area contributed by atoms with Gasteiger partial charge in [0.1, 0.15) is 0 Å². The summed E-state index contributed by atoms with van der Waals surface area (Å²) in [5.41, 5.74) is 3.21. The quantitative estimate of drug-likeness (QED) is 0.566. The van der Waals surface area contributed by atoms with E-state index in [4.69, 9.17) is 4.43 Å². The Morgan fingerprint density at radius 3 is 2.45 bits per heavy atom. The molecule has 0 saturated carbocycles. The largest absolute Gasteiger partial charge is 0.407 e. The van der Waals surface area contributed by atoms with Crippen molar-refractivity contribution in [1.82, 2.24) is 0 Å². The first-order chi connectivity index (χ1) is 9.61. The Labute approximate surface area is 126 Å². The molecule has 2 heteroatoms. The summed E-state index contributed by atoms with van der Waals surface area (Å²) >= 11 is 0. The molecular formula is C18H32OSi. The first-order valence-electron chi connectivity index (χ1n) is 8.68. The number of hydrogen-bond donors (Lipinski definition) is 0. The Hall–Kier alpha value is -0.343. The second-order valence-corrected chi connectivity index (χ2v) is 11.4. The molecule has 2 aliphatic rings. The van der Waals surface area contributed by atoms with Crippen molar-refractivity contribution in [1.29, 1.82) is 0 Å². The van der Waals surface area contributed by atoms with E-state index in [0.29, 0.717) is 0 Å². The molecule has 0 aromatic heterocycles. The maximum atomic E-state index is 7.10. The fraction of sp³-hybridized carbons (Fsp3) is 0.778. The van der Waals surface area contributed by atoms with Gasteiger partial charge < -0.3 is 4.43 Å². The van der Waals surface area contributed by atoms with Crippen LogP contribution in [0.5, 0.6) is 0 Å². The van der Waals surface area contributed by atoms with Gasteiger partial charge in [-0.05, 0) is 69.2 Å². The van der Waals surface area contributed by atoms with E-state index in [1.54, 1.807) is 11.1 Å². The van der Waals surface area contributed by atoms with Crippen LogP contribution in [0.4, 0.5) is 0 Å². The second kappa shape index (κ2) is 6.61. The average Bonchev–Trinajstić information content (AvgIpc) is 2.65. The minimum atomic E-state index is -1.54. The lowest BCUT2D eigenvalue weighted by Crippen LogP contribution is -2.49. The number of hydrogen-bond acceptors (Lipinski definition) is 1.